The minimum atomic E-state index is 0.124. The summed E-state index contributed by atoms with van der Waals surface area (Å²) in [6, 6.07) is 10.1. The summed E-state index contributed by atoms with van der Waals surface area (Å²) in [5.41, 5.74) is 2.03. The molecule has 0 aliphatic rings. The third-order valence-electron chi connectivity index (χ3n) is 4.23. The summed E-state index contributed by atoms with van der Waals surface area (Å²) < 4.78 is 2.05. The minimum absolute atomic E-state index is 0.124. The van der Waals surface area contributed by atoms with Crippen molar-refractivity contribution in [2.75, 3.05) is 7.05 Å². The quantitative estimate of drug-likeness (QED) is 0.701. The van der Waals surface area contributed by atoms with Crippen LogP contribution >= 0.6 is 0 Å². The Bertz CT molecular complexity index is 835. The lowest BCUT2D eigenvalue weighted by atomic mass is 10.1. The summed E-state index contributed by atoms with van der Waals surface area (Å²) >= 11 is 0. The molecule has 0 fully saturated rings. The van der Waals surface area contributed by atoms with Crippen LogP contribution in [0.5, 0.6) is 0 Å². The van der Waals surface area contributed by atoms with Crippen LogP contribution in [0.2, 0.25) is 0 Å². The second kappa shape index (κ2) is 7.25. The van der Waals surface area contributed by atoms with Crippen molar-refractivity contribution in [2.45, 2.75) is 32.9 Å². The first-order valence-electron chi connectivity index (χ1n) is 8.25. The number of imidazole rings is 1. The minimum Gasteiger partial charge on any atom is -0.341 e. The second-order valence-electron chi connectivity index (χ2n) is 5.88. The number of benzene rings is 1. The molecule has 124 valence electrons. The first-order valence-corrected chi connectivity index (χ1v) is 8.25. The van der Waals surface area contributed by atoms with Crippen molar-refractivity contribution in [1.29, 1.82) is 0 Å². The lowest BCUT2D eigenvalue weighted by Gasteiger charge is -2.18. The monoisotopic (exact) mass is 322 g/mol. The van der Waals surface area contributed by atoms with Gasteiger partial charge in [-0.1, -0.05) is 31.2 Å². The maximum absolute atomic E-state index is 12.5. The molecule has 0 unspecified atom stereocenters. The van der Waals surface area contributed by atoms with Crippen LogP contribution in [0.4, 0.5) is 0 Å². The van der Waals surface area contributed by atoms with Crippen LogP contribution in [0.3, 0.4) is 0 Å². The molecule has 1 aromatic carbocycles. The maximum atomic E-state index is 12.5. The van der Waals surface area contributed by atoms with Crippen LogP contribution in [0, 0.1) is 0 Å². The van der Waals surface area contributed by atoms with E-state index in [0.29, 0.717) is 19.5 Å². The number of aryl methyl sites for hydroxylation is 2. The molecule has 0 saturated carbocycles. The lowest BCUT2D eigenvalue weighted by molar-refractivity contribution is -0.130. The largest absolute Gasteiger partial charge is 0.341 e. The number of aromatic nitrogens is 3. The maximum Gasteiger partial charge on any atom is 0.224 e. The molecule has 0 bridgehead atoms. The third kappa shape index (κ3) is 3.45. The van der Waals surface area contributed by atoms with Crippen molar-refractivity contribution in [3.8, 4) is 0 Å². The van der Waals surface area contributed by atoms with Crippen LogP contribution in [0.15, 0.2) is 48.9 Å². The Labute approximate surface area is 142 Å². The van der Waals surface area contributed by atoms with Gasteiger partial charge < -0.3 is 9.47 Å². The predicted octanol–water partition coefficient (Wildman–Crippen LogP) is 3.04. The van der Waals surface area contributed by atoms with E-state index < -0.39 is 0 Å². The molecule has 0 aliphatic carbocycles. The Morgan fingerprint density at radius 1 is 1.17 bits per heavy atom. The SMILES string of the molecule is CCc1nccn1CCC(=O)N(C)Cc1cccc2cccnc12. The number of rotatable bonds is 6. The van der Waals surface area contributed by atoms with E-state index in [1.807, 2.05) is 48.1 Å². The Hall–Kier alpha value is -2.69. The number of pyridine rings is 1. The number of para-hydroxylation sites is 1. The Kier molecular flexibility index (Phi) is 4.89. The first-order chi connectivity index (χ1) is 11.7. The summed E-state index contributed by atoms with van der Waals surface area (Å²) in [7, 11) is 1.85. The van der Waals surface area contributed by atoms with Gasteiger partial charge in [0.15, 0.2) is 0 Å². The summed E-state index contributed by atoms with van der Waals surface area (Å²) in [6.07, 6.45) is 6.85. The molecule has 0 atom stereocenters. The zero-order chi connectivity index (χ0) is 16.9. The van der Waals surface area contributed by atoms with Crippen molar-refractivity contribution < 1.29 is 4.79 Å². The summed E-state index contributed by atoms with van der Waals surface area (Å²) in [6.45, 7) is 3.30. The highest BCUT2D eigenvalue weighted by Crippen LogP contribution is 2.17. The van der Waals surface area contributed by atoms with Gasteiger partial charge in [0.2, 0.25) is 5.91 Å². The van der Waals surface area contributed by atoms with E-state index in [4.69, 9.17) is 0 Å². The van der Waals surface area contributed by atoms with Gasteiger partial charge in [0.1, 0.15) is 5.82 Å². The van der Waals surface area contributed by atoms with Crippen molar-refractivity contribution in [1.82, 2.24) is 19.4 Å². The molecule has 2 aromatic heterocycles. The van der Waals surface area contributed by atoms with Gasteiger partial charge in [0, 0.05) is 57.0 Å². The van der Waals surface area contributed by atoms with Crippen LogP contribution < -0.4 is 0 Å². The van der Waals surface area contributed by atoms with Gasteiger partial charge in [-0.25, -0.2) is 4.98 Å². The molecule has 0 N–H and O–H groups in total. The normalized spacial score (nSPS) is 10.9. The van der Waals surface area contributed by atoms with Crippen molar-refractivity contribution in [3.63, 3.8) is 0 Å². The number of amides is 1. The van der Waals surface area contributed by atoms with Crippen molar-refractivity contribution >= 4 is 16.8 Å². The van der Waals surface area contributed by atoms with E-state index in [2.05, 4.69) is 16.9 Å². The van der Waals surface area contributed by atoms with Gasteiger partial charge in [-0.3, -0.25) is 9.78 Å². The van der Waals surface area contributed by atoms with Crippen LogP contribution in [0.1, 0.15) is 24.7 Å². The highest BCUT2D eigenvalue weighted by molar-refractivity contribution is 5.82. The number of carbonyl (C=O) groups is 1. The fourth-order valence-electron chi connectivity index (χ4n) is 2.90. The van der Waals surface area contributed by atoms with Gasteiger partial charge >= 0.3 is 0 Å². The fourth-order valence-corrected chi connectivity index (χ4v) is 2.90. The van der Waals surface area contributed by atoms with Crippen LogP contribution in [0.25, 0.3) is 10.9 Å². The molecule has 24 heavy (non-hydrogen) atoms. The molecule has 3 rings (SSSR count). The molecule has 0 saturated heterocycles. The Morgan fingerprint density at radius 2 is 2.00 bits per heavy atom. The Morgan fingerprint density at radius 3 is 2.83 bits per heavy atom. The number of nitrogens with zero attached hydrogens (tertiary/aromatic N) is 4. The summed E-state index contributed by atoms with van der Waals surface area (Å²) in [5.74, 6) is 1.14. The molecule has 5 heteroatoms. The molecule has 2 heterocycles. The fraction of sp³-hybridized carbons (Fsp3) is 0.316. The van der Waals surface area contributed by atoms with E-state index in [0.717, 1.165) is 28.7 Å². The molecule has 3 aromatic rings. The van der Waals surface area contributed by atoms with E-state index in [1.54, 1.807) is 17.3 Å². The highest BCUT2D eigenvalue weighted by Gasteiger charge is 2.12. The van der Waals surface area contributed by atoms with Crippen LogP contribution in [-0.4, -0.2) is 32.4 Å². The highest BCUT2D eigenvalue weighted by atomic mass is 16.2. The number of hydrogen-bond acceptors (Lipinski definition) is 3. The number of carbonyl (C=O) groups excluding carboxylic acids is 1. The number of fused-ring (bicyclic) bond motifs is 1. The lowest BCUT2D eigenvalue weighted by Crippen LogP contribution is -2.27. The van der Waals surface area contributed by atoms with E-state index in [1.165, 1.54) is 0 Å². The standard InChI is InChI=1S/C19H22N4O/c1-3-17-20-11-13-23(17)12-9-18(24)22(2)14-16-7-4-6-15-8-5-10-21-19(15)16/h4-8,10-11,13H,3,9,12,14H2,1-2H3. The second-order valence-corrected chi connectivity index (χ2v) is 5.88. The average Bonchev–Trinajstić information content (AvgIpc) is 3.07. The van der Waals surface area contributed by atoms with Gasteiger partial charge in [-0.15, -0.1) is 0 Å². The third-order valence-corrected chi connectivity index (χ3v) is 4.23. The zero-order valence-corrected chi connectivity index (χ0v) is 14.1. The molecule has 1 amide bonds. The zero-order valence-electron chi connectivity index (χ0n) is 14.1. The summed E-state index contributed by atoms with van der Waals surface area (Å²) in [4.78, 5) is 23.0. The molecule has 0 spiro atoms. The van der Waals surface area contributed by atoms with Gasteiger partial charge in [-0.2, -0.15) is 0 Å². The van der Waals surface area contributed by atoms with Gasteiger partial charge in [-0.05, 0) is 11.6 Å². The average molecular weight is 322 g/mol. The van der Waals surface area contributed by atoms with Crippen molar-refractivity contribution in [2.24, 2.45) is 0 Å². The molecular weight excluding hydrogens is 300 g/mol. The smallest absolute Gasteiger partial charge is 0.224 e. The molecule has 5 nitrogen and oxygen atoms in total. The molecule has 0 aliphatic heterocycles. The van der Waals surface area contributed by atoms with E-state index in [-0.39, 0.29) is 5.91 Å². The summed E-state index contributed by atoms with van der Waals surface area (Å²) in [5, 5.41) is 1.10. The van der Waals surface area contributed by atoms with Gasteiger partial charge in [0.05, 0.1) is 5.52 Å². The first kappa shape index (κ1) is 16.2. The number of hydrogen-bond donors (Lipinski definition) is 0. The Balaban J connectivity index is 1.65. The van der Waals surface area contributed by atoms with Gasteiger partial charge in [0.25, 0.3) is 0 Å². The van der Waals surface area contributed by atoms with Crippen LogP contribution in [-0.2, 0) is 24.3 Å². The molecule has 0 radical (unpaired) electrons. The van der Waals surface area contributed by atoms with Crippen molar-refractivity contribution in [3.05, 3.63) is 60.3 Å². The molecular formula is C19H22N4O. The predicted molar refractivity (Wildman–Crippen MR) is 94.4 cm³/mol. The van der Waals surface area contributed by atoms with E-state index >= 15 is 0 Å². The van der Waals surface area contributed by atoms with E-state index in [9.17, 15) is 4.79 Å². The topological polar surface area (TPSA) is 51.0 Å².